The number of fused-ring (bicyclic) bond motifs is 1. The van der Waals surface area contributed by atoms with Crippen LogP contribution >= 0.6 is 0 Å². The number of halogens is 4. The Labute approximate surface area is 212 Å². The molecule has 1 unspecified atom stereocenters. The fraction of sp³-hybridized carbons (Fsp3) is 0.577. The molecule has 37 heavy (non-hydrogen) atoms. The molecule has 1 aromatic heterocycles. The van der Waals surface area contributed by atoms with Gasteiger partial charge in [0.15, 0.2) is 0 Å². The molecule has 1 aliphatic heterocycles. The third kappa shape index (κ3) is 5.43. The van der Waals surface area contributed by atoms with E-state index in [1.54, 1.807) is 4.90 Å². The number of nitrogens with one attached hydrogen (secondary N) is 1. The number of rotatable bonds is 7. The number of amides is 1. The molecule has 0 radical (unpaired) electrons. The molecule has 1 saturated heterocycles. The number of aliphatic hydroxyl groups is 1. The molecule has 5 rings (SSSR count). The van der Waals surface area contributed by atoms with Crippen LogP contribution < -0.4 is 10.2 Å². The maximum Gasteiger partial charge on any atom is 0.419 e. The van der Waals surface area contributed by atoms with E-state index in [1.807, 2.05) is 6.92 Å². The Hall–Kier alpha value is -2.79. The topological polar surface area (TPSA) is 81.6 Å². The summed E-state index contributed by atoms with van der Waals surface area (Å²) in [5.74, 6) is -0.951. The van der Waals surface area contributed by atoms with Gasteiger partial charge in [-0.05, 0) is 55.3 Å². The van der Waals surface area contributed by atoms with Crippen molar-refractivity contribution < 1.29 is 27.5 Å². The minimum Gasteiger partial charge on any atom is -0.387 e. The molecule has 1 amide bonds. The van der Waals surface area contributed by atoms with Gasteiger partial charge in [0.25, 0.3) is 0 Å². The lowest BCUT2D eigenvalue weighted by atomic mass is 9.95. The van der Waals surface area contributed by atoms with Gasteiger partial charge in [-0.1, -0.05) is 13.0 Å². The minimum atomic E-state index is -4.79. The van der Waals surface area contributed by atoms with Gasteiger partial charge in [0, 0.05) is 38.3 Å². The van der Waals surface area contributed by atoms with Crippen LogP contribution in [0, 0.1) is 11.7 Å². The van der Waals surface area contributed by atoms with Gasteiger partial charge in [0.2, 0.25) is 5.91 Å². The summed E-state index contributed by atoms with van der Waals surface area (Å²) in [6.07, 6.45) is -1.12. The van der Waals surface area contributed by atoms with E-state index in [4.69, 9.17) is 0 Å². The Kier molecular flexibility index (Phi) is 7.10. The molecule has 1 saturated carbocycles. The van der Waals surface area contributed by atoms with Crippen molar-refractivity contribution in [2.75, 3.05) is 44.2 Å². The Morgan fingerprint density at radius 1 is 1.19 bits per heavy atom. The summed E-state index contributed by atoms with van der Waals surface area (Å²) >= 11 is 0. The summed E-state index contributed by atoms with van der Waals surface area (Å²) in [4.78, 5) is 26.1. The summed E-state index contributed by atoms with van der Waals surface area (Å²) in [7, 11) is 0. The Bertz CT molecular complexity index is 1150. The zero-order chi connectivity index (χ0) is 26.3. The number of carbonyl (C=O) groups excluding carboxylic acids is 1. The SMILES string of the molecule is C[C@@H]1C[C@@H](O)c2ncnc(N3CCN(C(=O)C(CNCC4CC4)c4ccc(C(F)(F)F)c(F)c4)CC3)c21. The van der Waals surface area contributed by atoms with E-state index < -0.39 is 29.6 Å². The van der Waals surface area contributed by atoms with Gasteiger partial charge >= 0.3 is 6.18 Å². The Balaban J connectivity index is 1.31. The molecule has 0 spiro atoms. The lowest BCUT2D eigenvalue weighted by Gasteiger charge is -2.38. The maximum atomic E-state index is 14.4. The van der Waals surface area contributed by atoms with Crippen LogP contribution in [-0.4, -0.2) is 65.2 Å². The predicted molar refractivity (Wildman–Crippen MR) is 129 cm³/mol. The molecule has 3 aliphatic rings. The van der Waals surface area contributed by atoms with Gasteiger partial charge in [-0.25, -0.2) is 14.4 Å². The summed E-state index contributed by atoms with van der Waals surface area (Å²) in [5.41, 5.74) is 0.496. The molecule has 3 atom stereocenters. The van der Waals surface area contributed by atoms with Gasteiger partial charge < -0.3 is 20.2 Å². The van der Waals surface area contributed by atoms with Crippen molar-refractivity contribution >= 4 is 11.7 Å². The standard InChI is InChI=1S/C26H31F4N5O2/c1-15-10-21(36)23-22(15)24(33-14-32-23)34-6-8-35(9-7-34)25(37)18(13-31-12-16-2-3-16)17-4-5-19(20(27)11-17)26(28,29)30/h4-5,11,14-16,18,21,31,36H,2-3,6-10,12-13H2,1H3/t15-,18?,21-/m1/s1. The molecule has 2 fully saturated rings. The van der Waals surface area contributed by atoms with Gasteiger partial charge in [-0.3, -0.25) is 4.79 Å². The number of aromatic nitrogens is 2. The molecule has 200 valence electrons. The molecule has 2 heterocycles. The Morgan fingerprint density at radius 2 is 1.92 bits per heavy atom. The van der Waals surface area contributed by atoms with Crippen LogP contribution in [0.3, 0.4) is 0 Å². The normalized spacial score (nSPS) is 22.8. The molecular formula is C26H31F4N5O2. The van der Waals surface area contributed by atoms with Crippen molar-refractivity contribution in [1.82, 2.24) is 20.2 Å². The van der Waals surface area contributed by atoms with Crippen LogP contribution in [0.2, 0.25) is 0 Å². The molecular weight excluding hydrogens is 490 g/mol. The molecule has 2 N–H and O–H groups in total. The zero-order valence-electron chi connectivity index (χ0n) is 20.6. The van der Waals surface area contributed by atoms with Crippen molar-refractivity contribution in [2.45, 2.75) is 50.3 Å². The van der Waals surface area contributed by atoms with E-state index in [1.165, 1.54) is 12.4 Å². The van der Waals surface area contributed by atoms with Crippen molar-refractivity contribution in [3.63, 3.8) is 0 Å². The Morgan fingerprint density at radius 3 is 2.57 bits per heavy atom. The van der Waals surface area contributed by atoms with Crippen LogP contribution in [0.1, 0.15) is 66.5 Å². The van der Waals surface area contributed by atoms with E-state index >= 15 is 0 Å². The smallest absolute Gasteiger partial charge is 0.387 e. The lowest BCUT2D eigenvalue weighted by molar-refractivity contribution is -0.140. The predicted octanol–water partition coefficient (Wildman–Crippen LogP) is 3.61. The van der Waals surface area contributed by atoms with Crippen LogP contribution in [0.4, 0.5) is 23.4 Å². The van der Waals surface area contributed by atoms with Crippen LogP contribution in [0.25, 0.3) is 0 Å². The first kappa shape index (κ1) is 25.8. The number of aliphatic hydroxyl groups excluding tert-OH is 1. The quantitative estimate of drug-likeness (QED) is 0.542. The van der Waals surface area contributed by atoms with E-state index in [9.17, 15) is 27.5 Å². The summed E-state index contributed by atoms with van der Waals surface area (Å²) in [6, 6.07) is 2.77. The first-order valence-electron chi connectivity index (χ1n) is 12.8. The van der Waals surface area contributed by atoms with Crippen molar-refractivity contribution in [3.05, 3.63) is 52.7 Å². The number of hydrogen-bond donors (Lipinski definition) is 2. The molecule has 7 nitrogen and oxygen atoms in total. The third-order valence-electron chi connectivity index (χ3n) is 7.65. The average molecular weight is 522 g/mol. The maximum absolute atomic E-state index is 14.4. The second-order valence-corrected chi connectivity index (χ2v) is 10.4. The van der Waals surface area contributed by atoms with Crippen molar-refractivity contribution in [2.24, 2.45) is 5.92 Å². The molecule has 0 bridgehead atoms. The number of hydrogen-bond acceptors (Lipinski definition) is 6. The van der Waals surface area contributed by atoms with Gasteiger partial charge in [-0.15, -0.1) is 0 Å². The summed E-state index contributed by atoms with van der Waals surface area (Å²) in [5, 5.41) is 13.6. The first-order valence-corrected chi connectivity index (χ1v) is 12.8. The van der Waals surface area contributed by atoms with Gasteiger partial charge in [-0.2, -0.15) is 13.2 Å². The largest absolute Gasteiger partial charge is 0.419 e. The first-order chi connectivity index (χ1) is 17.6. The van der Waals surface area contributed by atoms with Crippen LogP contribution in [0.5, 0.6) is 0 Å². The van der Waals surface area contributed by atoms with Crippen molar-refractivity contribution in [3.8, 4) is 0 Å². The number of piperazine rings is 1. The number of nitrogens with zero attached hydrogens (tertiary/aromatic N) is 4. The number of anilines is 1. The highest BCUT2D eigenvalue weighted by atomic mass is 19.4. The number of benzene rings is 1. The fourth-order valence-electron chi connectivity index (χ4n) is 5.39. The highest BCUT2D eigenvalue weighted by molar-refractivity contribution is 5.84. The molecule has 2 aromatic rings. The van der Waals surface area contributed by atoms with Crippen molar-refractivity contribution in [1.29, 1.82) is 0 Å². The second-order valence-electron chi connectivity index (χ2n) is 10.4. The van der Waals surface area contributed by atoms with Crippen LogP contribution in [-0.2, 0) is 11.0 Å². The minimum absolute atomic E-state index is 0.123. The molecule has 2 aliphatic carbocycles. The zero-order valence-corrected chi connectivity index (χ0v) is 20.6. The second kappa shape index (κ2) is 10.2. The van der Waals surface area contributed by atoms with Gasteiger partial charge in [0.05, 0.1) is 23.3 Å². The van der Waals surface area contributed by atoms with E-state index in [0.29, 0.717) is 44.2 Å². The average Bonchev–Trinajstić information content (AvgIpc) is 3.64. The highest BCUT2D eigenvalue weighted by Gasteiger charge is 2.37. The van der Waals surface area contributed by atoms with Gasteiger partial charge in [0.1, 0.15) is 18.0 Å². The van der Waals surface area contributed by atoms with Crippen LogP contribution in [0.15, 0.2) is 24.5 Å². The number of alkyl halides is 3. The number of carbonyl (C=O) groups is 1. The third-order valence-corrected chi connectivity index (χ3v) is 7.65. The molecule has 1 aromatic carbocycles. The van der Waals surface area contributed by atoms with E-state index in [0.717, 1.165) is 42.9 Å². The summed E-state index contributed by atoms with van der Waals surface area (Å²) in [6.45, 7) is 4.82. The lowest BCUT2D eigenvalue weighted by Crippen LogP contribution is -2.51. The monoisotopic (exact) mass is 521 g/mol. The van der Waals surface area contributed by atoms with E-state index in [-0.39, 0.29) is 23.9 Å². The fourth-order valence-corrected chi connectivity index (χ4v) is 5.39. The summed E-state index contributed by atoms with van der Waals surface area (Å²) < 4.78 is 53.6. The highest BCUT2D eigenvalue weighted by Crippen LogP contribution is 2.43. The molecule has 11 heteroatoms. The van der Waals surface area contributed by atoms with E-state index in [2.05, 4.69) is 20.2 Å².